The molecular weight excluding hydrogens is 148 g/mol. The maximum absolute atomic E-state index is 10.3. The second-order valence-corrected chi connectivity index (χ2v) is 2.02. The summed E-state index contributed by atoms with van der Waals surface area (Å²) in [5.74, 6) is -0.121. The highest BCUT2D eigenvalue weighted by Gasteiger charge is 2.16. The van der Waals surface area contributed by atoms with Crippen LogP contribution in [0.5, 0.6) is 5.75 Å². The molecule has 0 aromatic heterocycles. The number of nitrogens with two attached hydrogens (primary N) is 1. The number of nitrogen functional groups attached to an aromatic ring is 1. The number of hydrogen-bond donors (Lipinski definition) is 3. The second-order valence-electron chi connectivity index (χ2n) is 2.02. The molecular formula is C6H7N2O3+. The minimum Gasteiger partial charge on any atom is -0.508 e. The first-order chi connectivity index (χ1) is 5.11. The third-order valence-electron chi connectivity index (χ3n) is 1.22. The molecule has 0 aliphatic carbocycles. The topological polar surface area (TPSA) is 86.6 Å². The lowest BCUT2D eigenvalue weighted by Gasteiger charge is -1.92. The van der Waals surface area contributed by atoms with Gasteiger partial charge in [-0.15, -0.1) is 0 Å². The Labute approximate surface area is 62.2 Å². The van der Waals surface area contributed by atoms with Crippen molar-refractivity contribution in [2.75, 3.05) is 5.73 Å². The monoisotopic (exact) mass is 155 g/mol. The predicted octanol–water partition coefficient (Wildman–Crippen LogP) is 0.774. The van der Waals surface area contributed by atoms with Crippen molar-refractivity contribution in [3.05, 3.63) is 23.1 Å². The van der Waals surface area contributed by atoms with Gasteiger partial charge in [0.1, 0.15) is 11.4 Å². The summed E-state index contributed by atoms with van der Waals surface area (Å²) in [7, 11) is 0. The van der Waals surface area contributed by atoms with Crippen molar-refractivity contribution in [2.24, 2.45) is 0 Å². The number of rotatable bonds is 1. The van der Waals surface area contributed by atoms with E-state index in [1.807, 2.05) is 0 Å². The van der Waals surface area contributed by atoms with Crippen LogP contribution in [0.1, 0.15) is 0 Å². The van der Waals surface area contributed by atoms with Crippen molar-refractivity contribution < 1.29 is 15.2 Å². The van der Waals surface area contributed by atoms with Gasteiger partial charge in [-0.3, -0.25) is 0 Å². The molecule has 0 atom stereocenters. The summed E-state index contributed by atoms with van der Waals surface area (Å²) in [5.41, 5.74) is 5.23. The molecule has 0 fully saturated rings. The van der Waals surface area contributed by atoms with Crippen LogP contribution in [0.2, 0.25) is 0 Å². The standard InChI is InChI=1S/C6H6N2O3/c7-5-2-1-4(9)3-6(5)8(10)11/h1-3H,7H2,(H-,9,10,11)/p+1. The van der Waals surface area contributed by atoms with E-state index in [-0.39, 0.29) is 17.1 Å². The Morgan fingerprint density at radius 1 is 1.45 bits per heavy atom. The Hall–Kier alpha value is -1.78. The van der Waals surface area contributed by atoms with E-state index in [0.717, 1.165) is 6.07 Å². The molecule has 0 radical (unpaired) electrons. The summed E-state index contributed by atoms with van der Waals surface area (Å²) in [4.78, 5) is 9.91. The second kappa shape index (κ2) is 2.45. The van der Waals surface area contributed by atoms with Gasteiger partial charge in [0.25, 0.3) is 4.92 Å². The summed E-state index contributed by atoms with van der Waals surface area (Å²) in [6.07, 6.45) is 0. The molecule has 0 aliphatic heterocycles. The maximum Gasteiger partial charge on any atom is 0.342 e. The summed E-state index contributed by atoms with van der Waals surface area (Å²) < 4.78 is 0. The molecule has 0 aliphatic rings. The van der Waals surface area contributed by atoms with Crippen molar-refractivity contribution in [3.63, 3.8) is 0 Å². The lowest BCUT2D eigenvalue weighted by atomic mass is 10.2. The lowest BCUT2D eigenvalue weighted by Crippen LogP contribution is -1.96. The summed E-state index contributed by atoms with van der Waals surface area (Å²) in [5, 5.41) is 17.3. The third kappa shape index (κ3) is 1.37. The van der Waals surface area contributed by atoms with E-state index in [1.165, 1.54) is 12.1 Å². The van der Waals surface area contributed by atoms with Crippen LogP contribution in [0.4, 0.5) is 11.4 Å². The fourth-order valence-electron chi connectivity index (χ4n) is 0.698. The number of phenols is 1. The fraction of sp³-hybridized carbons (Fsp3) is 0. The molecule has 11 heavy (non-hydrogen) atoms. The van der Waals surface area contributed by atoms with Crippen molar-refractivity contribution in [1.82, 2.24) is 0 Å². The van der Waals surface area contributed by atoms with E-state index in [0.29, 0.717) is 0 Å². The lowest BCUT2D eigenvalue weighted by molar-refractivity contribution is -0.729. The Morgan fingerprint density at radius 3 is 2.55 bits per heavy atom. The zero-order chi connectivity index (χ0) is 8.43. The van der Waals surface area contributed by atoms with Crippen LogP contribution in [0.25, 0.3) is 0 Å². The molecule has 1 aromatic rings. The highest BCUT2D eigenvalue weighted by Crippen LogP contribution is 2.24. The Kier molecular flexibility index (Phi) is 1.63. The van der Waals surface area contributed by atoms with Gasteiger partial charge in [0.2, 0.25) is 0 Å². The zero-order valence-corrected chi connectivity index (χ0v) is 5.56. The van der Waals surface area contributed by atoms with Crippen molar-refractivity contribution in [1.29, 1.82) is 0 Å². The molecule has 1 rings (SSSR count). The van der Waals surface area contributed by atoms with Gasteiger partial charge in [0.05, 0.1) is 11.0 Å². The van der Waals surface area contributed by atoms with E-state index in [9.17, 15) is 4.91 Å². The smallest absolute Gasteiger partial charge is 0.342 e. The van der Waals surface area contributed by atoms with Crippen molar-refractivity contribution in [2.45, 2.75) is 0 Å². The highest BCUT2D eigenvalue weighted by molar-refractivity contribution is 5.59. The van der Waals surface area contributed by atoms with Crippen LogP contribution < -0.4 is 5.73 Å². The zero-order valence-electron chi connectivity index (χ0n) is 5.56. The summed E-state index contributed by atoms with van der Waals surface area (Å²) >= 11 is 0. The minimum atomic E-state index is -0.394. The van der Waals surface area contributed by atoms with Gasteiger partial charge >= 0.3 is 5.69 Å². The average molecular weight is 155 g/mol. The molecule has 0 unspecified atom stereocenters. The third-order valence-corrected chi connectivity index (χ3v) is 1.22. The first-order valence-corrected chi connectivity index (χ1v) is 2.86. The highest BCUT2D eigenvalue weighted by atomic mass is 16.6. The van der Waals surface area contributed by atoms with Gasteiger partial charge in [0, 0.05) is 0 Å². The molecule has 5 heteroatoms. The van der Waals surface area contributed by atoms with Crippen LogP contribution in [-0.2, 0) is 0 Å². The quantitative estimate of drug-likeness (QED) is 0.317. The van der Waals surface area contributed by atoms with Gasteiger partial charge in [-0.2, -0.15) is 0 Å². The fourth-order valence-corrected chi connectivity index (χ4v) is 0.698. The largest absolute Gasteiger partial charge is 0.508 e. The molecule has 58 valence electrons. The van der Waals surface area contributed by atoms with Crippen molar-refractivity contribution >= 4 is 11.4 Å². The van der Waals surface area contributed by atoms with Gasteiger partial charge < -0.3 is 10.8 Å². The summed E-state index contributed by atoms with van der Waals surface area (Å²) in [6.45, 7) is 0. The number of phenolic OH excluding ortho intramolecular Hbond substituents is 1. The number of anilines is 1. The van der Waals surface area contributed by atoms with Crippen LogP contribution in [0.15, 0.2) is 18.2 Å². The summed E-state index contributed by atoms with van der Waals surface area (Å²) in [6, 6.07) is 3.72. The normalized spacial score (nSPS) is 9.45. The maximum atomic E-state index is 10.3. The average Bonchev–Trinajstić information content (AvgIpc) is 1.94. The predicted molar refractivity (Wildman–Crippen MR) is 37.6 cm³/mol. The van der Waals surface area contributed by atoms with E-state index >= 15 is 0 Å². The molecule has 4 N–H and O–H groups in total. The molecule has 0 saturated heterocycles. The molecule has 0 saturated carbocycles. The van der Waals surface area contributed by atoms with Gasteiger partial charge in [-0.05, 0) is 12.1 Å². The molecule has 0 amide bonds. The van der Waals surface area contributed by atoms with E-state index in [2.05, 4.69) is 0 Å². The molecule has 0 heterocycles. The minimum absolute atomic E-state index is 0.111. The molecule has 0 bridgehead atoms. The molecule has 5 nitrogen and oxygen atoms in total. The number of benzene rings is 1. The first-order valence-electron chi connectivity index (χ1n) is 2.86. The Bertz CT molecular complexity index is 298. The Morgan fingerprint density at radius 2 is 2.09 bits per heavy atom. The van der Waals surface area contributed by atoms with E-state index < -0.39 is 4.92 Å². The van der Waals surface area contributed by atoms with Crippen molar-refractivity contribution in [3.8, 4) is 5.75 Å². The van der Waals surface area contributed by atoms with Crippen LogP contribution in [0.3, 0.4) is 0 Å². The van der Waals surface area contributed by atoms with E-state index in [1.54, 1.807) is 0 Å². The first kappa shape index (κ1) is 7.33. The van der Waals surface area contributed by atoms with Crippen LogP contribution >= 0.6 is 0 Å². The van der Waals surface area contributed by atoms with Crippen LogP contribution in [-0.4, -0.2) is 15.2 Å². The van der Waals surface area contributed by atoms with Gasteiger partial charge in [-0.25, -0.2) is 5.21 Å². The van der Waals surface area contributed by atoms with E-state index in [4.69, 9.17) is 16.0 Å². The Balaban J connectivity index is 3.23. The van der Waals surface area contributed by atoms with Gasteiger partial charge in [0.15, 0.2) is 0 Å². The van der Waals surface area contributed by atoms with Crippen LogP contribution in [0, 0.1) is 4.91 Å². The number of aromatic hydroxyl groups is 1. The van der Waals surface area contributed by atoms with Gasteiger partial charge in [-0.1, -0.05) is 0 Å². The number of hydrogen-bond acceptors (Lipinski definition) is 3. The molecule has 1 aromatic carbocycles. The molecule has 0 spiro atoms. The SMILES string of the molecule is Nc1ccc(O)cc1[N+](=O)O. The number of nitrogens with zero attached hydrogens (tertiary/aromatic N) is 1.